The lowest BCUT2D eigenvalue weighted by Gasteiger charge is -2.36. The summed E-state index contributed by atoms with van der Waals surface area (Å²) in [7, 11) is 0. The van der Waals surface area contributed by atoms with Crippen molar-refractivity contribution in [2.24, 2.45) is 11.0 Å². The maximum atomic E-state index is 12.6. The van der Waals surface area contributed by atoms with Gasteiger partial charge in [0.1, 0.15) is 0 Å². The van der Waals surface area contributed by atoms with E-state index in [1.807, 2.05) is 30.0 Å². The number of benzene rings is 2. The molecule has 2 aromatic rings. The molecule has 2 aliphatic rings. The number of carbonyl (C=O) groups excluding carboxylic acids is 2. The topological polar surface area (TPSA) is 65.0 Å². The van der Waals surface area contributed by atoms with Gasteiger partial charge in [0.25, 0.3) is 0 Å². The highest BCUT2D eigenvalue weighted by molar-refractivity contribution is 6.05. The molecule has 31 heavy (non-hydrogen) atoms. The maximum absolute atomic E-state index is 12.6. The molecule has 1 saturated heterocycles. The van der Waals surface area contributed by atoms with Crippen LogP contribution < -0.4 is 10.3 Å². The van der Waals surface area contributed by atoms with Crippen molar-refractivity contribution in [3.05, 3.63) is 65.7 Å². The van der Waals surface area contributed by atoms with Gasteiger partial charge in [-0.2, -0.15) is 5.10 Å². The van der Waals surface area contributed by atoms with Gasteiger partial charge in [0.05, 0.1) is 5.71 Å². The van der Waals surface area contributed by atoms with Crippen LogP contribution in [0.4, 0.5) is 5.69 Å². The van der Waals surface area contributed by atoms with Gasteiger partial charge >= 0.3 is 0 Å². The van der Waals surface area contributed by atoms with Crippen LogP contribution in [-0.4, -0.2) is 48.6 Å². The number of hydrazone groups is 1. The number of piperazine rings is 1. The number of hydrogen-bond donors (Lipinski definition) is 1. The van der Waals surface area contributed by atoms with Gasteiger partial charge in [-0.05, 0) is 36.1 Å². The molecule has 2 heterocycles. The molecule has 0 saturated carbocycles. The maximum Gasteiger partial charge on any atom is 0.240 e. The summed E-state index contributed by atoms with van der Waals surface area (Å²) >= 11 is 0. The van der Waals surface area contributed by atoms with Crippen LogP contribution in [0.25, 0.3) is 0 Å². The van der Waals surface area contributed by atoms with Crippen LogP contribution in [0, 0.1) is 5.92 Å². The molecular weight excluding hydrogens is 388 g/mol. The molecule has 1 N–H and O–H groups in total. The second-order valence-electron chi connectivity index (χ2n) is 8.39. The zero-order chi connectivity index (χ0) is 21.6. The van der Waals surface area contributed by atoms with E-state index in [2.05, 4.69) is 51.8 Å². The molecule has 2 aromatic carbocycles. The molecule has 0 spiro atoms. The highest BCUT2D eigenvalue weighted by atomic mass is 16.2. The standard InChI is InChI=1S/C25H30N4O2/c1-19-18-23(30)26-27-25(19)21-10-12-22(13-11-21)28-14-16-29(17-15-28)24(31)9-5-8-20-6-3-2-4-7-20/h2-4,6-7,10-13,19H,5,8-9,14-18H2,1H3,(H,26,30). The summed E-state index contributed by atoms with van der Waals surface area (Å²) in [5.41, 5.74) is 7.00. The van der Waals surface area contributed by atoms with E-state index in [4.69, 9.17) is 0 Å². The quantitative estimate of drug-likeness (QED) is 0.783. The first-order valence-electron chi connectivity index (χ1n) is 11.1. The Balaban J connectivity index is 1.26. The highest BCUT2D eigenvalue weighted by Crippen LogP contribution is 2.22. The zero-order valence-electron chi connectivity index (χ0n) is 18.1. The van der Waals surface area contributed by atoms with Gasteiger partial charge in [0.15, 0.2) is 0 Å². The van der Waals surface area contributed by atoms with Crippen LogP contribution in [0.15, 0.2) is 59.7 Å². The normalized spacial score (nSPS) is 19.1. The van der Waals surface area contributed by atoms with Crippen LogP contribution in [-0.2, 0) is 16.0 Å². The van der Waals surface area contributed by atoms with Gasteiger partial charge < -0.3 is 9.80 Å². The van der Waals surface area contributed by atoms with Gasteiger partial charge in [-0.25, -0.2) is 5.43 Å². The third kappa shape index (κ3) is 5.32. The summed E-state index contributed by atoms with van der Waals surface area (Å²) < 4.78 is 0. The third-order valence-corrected chi connectivity index (χ3v) is 6.12. The third-order valence-electron chi connectivity index (χ3n) is 6.12. The molecule has 0 aromatic heterocycles. The molecule has 0 bridgehead atoms. The number of anilines is 1. The van der Waals surface area contributed by atoms with Gasteiger partial charge in [-0.1, -0.05) is 49.4 Å². The van der Waals surface area contributed by atoms with Gasteiger partial charge in [0, 0.05) is 50.6 Å². The van der Waals surface area contributed by atoms with Crippen molar-refractivity contribution in [3.8, 4) is 0 Å². The summed E-state index contributed by atoms with van der Waals surface area (Å²) in [6.45, 7) is 5.25. The minimum atomic E-state index is -0.0275. The van der Waals surface area contributed by atoms with Crippen LogP contribution in [0.5, 0.6) is 0 Å². The van der Waals surface area contributed by atoms with E-state index < -0.39 is 0 Å². The van der Waals surface area contributed by atoms with Gasteiger partial charge in [0.2, 0.25) is 11.8 Å². The fraction of sp³-hybridized carbons (Fsp3) is 0.400. The largest absolute Gasteiger partial charge is 0.368 e. The summed E-state index contributed by atoms with van der Waals surface area (Å²) in [6.07, 6.45) is 2.93. The van der Waals surface area contributed by atoms with E-state index in [-0.39, 0.29) is 17.7 Å². The number of amides is 2. The average molecular weight is 419 g/mol. The first-order chi connectivity index (χ1) is 15.1. The number of nitrogens with one attached hydrogen (secondary N) is 1. The van der Waals surface area contributed by atoms with E-state index in [1.54, 1.807) is 0 Å². The highest BCUT2D eigenvalue weighted by Gasteiger charge is 2.23. The number of nitrogens with zero attached hydrogens (tertiary/aromatic N) is 3. The smallest absolute Gasteiger partial charge is 0.240 e. The molecule has 0 radical (unpaired) electrons. The molecule has 6 nitrogen and oxygen atoms in total. The van der Waals surface area contributed by atoms with Crippen LogP contribution in [0.1, 0.15) is 37.3 Å². The molecule has 2 amide bonds. The van der Waals surface area contributed by atoms with Crippen molar-refractivity contribution in [1.29, 1.82) is 0 Å². The van der Waals surface area contributed by atoms with Crippen molar-refractivity contribution in [2.75, 3.05) is 31.1 Å². The Labute approximate surface area is 183 Å². The summed E-state index contributed by atoms with van der Waals surface area (Å²) in [4.78, 5) is 28.3. The van der Waals surface area contributed by atoms with Crippen molar-refractivity contribution in [3.63, 3.8) is 0 Å². The number of rotatable bonds is 6. The summed E-state index contributed by atoms with van der Waals surface area (Å²) in [5.74, 6) is 0.355. The Bertz CT molecular complexity index is 932. The van der Waals surface area contributed by atoms with E-state index in [0.717, 1.165) is 56.0 Å². The Morgan fingerprint density at radius 3 is 2.42 bits per heavy atom. The molecule has 1 fully saturated rings. The molecule has 1 atom stereocenters. The summed E-state index contributed by atoms with van der Waals surface area (Å²) in [5, 5.41) is 4.24. The Morgan fingerprint density at radius 1 is 1.03 bits per heavy atom. The van der Waals surface area contributed by atoms with Gasteiger partial charge in [-0.15, -0.1) is 0 Å². The molecule has 1 unspecified atom stereocenters. The summed E-state index contributed by atoms with van der Waals surface area (Å²) in [6, 6.07) is 18.7. The first-order valence-corrected chi connectivity index (χ1v) is 11.1. The monoisotopic (exact) mass is 418 g/mol. The molecule has 0 aliphatic carbocycles. The van der Waals surface area contributed by atoms with E-state index in [1.165, 1.54) is 5.56 Å². The molecular formula is C25H30N4O2. The van der Waals surface area contributed by atoms with E-state index in [9.17, 15) is 9.59 Å². The second kappa shape index (κ2) is 9.77. The van der Waals surface area contributed by atoms with Crippen molar-refractivity contribution >= 4 is 23.2 Å². The van der Waals surface area contributed by atoms with E-state index >= 15 is 0 Å². The van der Waals surface area contributed by atoms with Crippen LogP contribution >= 0.6 is 0 Å². The average Bonchev–Trinajstić information content (AvgIpc) is 2.80. The van der Waals surface area contributed by atoms with E-state index in [0.29, 0.717) is 12.8 Å². The van der Waals surface area contributed by atoms with Crippen molar-refractivity contribution < 1.29 is 9.59 Å². The van der Waals surface area contributed by atoms with Crippen LogP contribution in [0.2, 0.25) is 0 Å². The fourth-order valence-electron chi connectivity index (χ4n) is 4.31. The lowest BCUT2D eigenvalue weighted by Crippen LogP contribution is -2.48. The minimum absolute atomic E-state index is 0.0275. The zero-order valence-corrected chi connectivity index (χ0v) is 18.1. The number of hydrogen-bond acceptors (Lipinski definition) is 4. The Morgan fingerprint density at radius 2 is 1.74 bits per heavy atom. The van der Waals surface area contributed by atoms with Crippen molar-refractivity contribution in [1.82, 2.24) is 10.3 Å². The van der Waals surface area contributed by atoms with Crippen molar-refractivity contribution in [2.45, 2.75) is 32.6 Å². The predicted octanol–water partition coefficient (Wildman–Crippen LogP) is 3.22. The molecule has 6 heteroatoms. The Hall–Kier alpha value is -3.15. The molecule has 162 valence electrons. The lowest BCUT2D eigenvalue weighted by atomic mass is 9.94. The van der Waals surface area contributed by atoms with Crippen LogP contribution in [0.3, 0.4) is 0 Å². The number of carbonyl (C=O) groups is 2. The minimum Gasteiger partial charge on any atom is -0.368 e. The van der Waals surface area contributed by atoms with Gasteiger partial charge in [-0.3, -0.25) is 9.59 Å². The molecule has 4 rings (SSSR count). The predicted molar refractivity (Wildman–Crippen MR) is 123 cm³/mol. The second-order valence-corrected chi connectivity index (χ2v) is 8.39. The first kappa shape index (κ1) is 21.1. The number of aryl methyl sites for hydroxylation is 1. The molecule has 2 aliphatic heterocycles. The Kier molecular flexibility index (Phi) is 6.65. The SMILES string of the molecule is CC1CC(=O)NN=C1c1ccc(N2CCN(C(=O)CCCc3ccccc3)CC2)cc1. The fourth-order valence-corrected chi connectivity index (χ4v) is 4.31. The lowest BCUT2D eigenvalue weighted by molar-refractivity contribution is -0.131.